The van der Waals surface area contributed by atoms with Gasteiger partial charge in [0, 0.05) is 19.5 Å². The maximum Gasteiger partial charge on any atom is 0.407 e. The van der Waals surface area contributed by atoms with Gasteiger partial charge in [-0.15, -0.1) is 0 Å². The zero-order valence-electron chi connectivity index (χ0n) is 29.7. The van der Waals surface area contributed by atoms with Crippen LogP contribution in [-0.2, 0) is 33.6 Å². The molecule has 6 atom stereocenters. The standard InChI is InChI=1S/C39H54N4O7/c1-26(2)35(43-36(47)32(44)23-29-19-13-8-14-20-29)37(48)41-30(21-27-15-9-6-10-16-27)33(45)24-40-25-34(46)31(22-28-17-11-7-12-18-28)42-38(49)50-39(3,4)5/h6-20,26,30-35,40,44-46H,21-25H2,1-5H3,(H,41,48)(H,42,49)(H,43,47)/t30-,31-,32-,33+,34+,35-/m0/s1. The summed E-state index contributed by atoms with van der Waals surface area (Å²) in [5.74, 6) is -1.47. The lowest BCUT2D eigenvalue weighted by Crippen LogP contribution is -2.57. The zero-order valence-corrected chi connectivity index (χ0v) is 29.7. The number of nitrogens with one attached hydrogen (secondary N) is 4. The Hall–Kier alpha value is -4.29. The number of alkyl carbamates (subject to hydrolysis) is 1. The first-order chi connectivity index (χ1) is 23.7. The Morgan fingerprint density at radius 1 is 0.620 bits per heavy atom. The second-order valence-electron chi connectivity index (χ2n) is 14.0. The maximum atomic E-state index is 13.6. The quantitative estimate of drug-likeness (QED) is 0.107. The Kier molecular flexibility index (Phi) is 15.9. The number of carbonyl (C=O) groups excluding carboxylic acids is 3. The normalized spacial score (nSPS) is 15.2. The van der Waals surface area contributed by atoms with Crippen molar-refractivity contribution in [3.05, 3.63) is 108 Å². The molecule has 11 nitrogen and oxygen atoms in total. The summed E-state index contributed by atoms with van der Waals surface area (Å²) < 4.78 is 5.42. The predicted molar refractivity (Wildman–Crippen MR) is 193 cm³/mol. The van der Waals surface area contributed by atoms with Gasteiger partial charge in [-0.1, -0.05) is 105 Å². The van der Waals surface area contributed by atoms with Crippen molar-refractivity contribution in [1.82, 2.24) is 21.3 Å². The highest BCUT2D eigenvalue weighted by Crippen LogP contribution is 2.13. The Morgan fingerprint density at radius 3 is 1.46 bits per heavy atom. The van der Waals surface area contributed by atoms with Crippen LogP contribution < -0.4 is 21.3 Å². The predicted octanol–water partition coefficient (Wildman–Crippen LogP) is 2.91. The van der Waals surface area contributed by atoms with Crippen LogP contribution in [0.15, 0.2) is 91.0 Å². The molecule has 0 unspecified atom stereocenters. The smallest absolute Gasteiger partial charge is 0.407 e. The number of ether oxygens (including phenoxy) is 1. The lowest BCUT2D eigenvalue weighted by Gasteiger charge is -2.30. The topological polar surface area (TPSA) is 169 Å². The summed E-state index contributed by atoms with van der Waals surface area (Å²) >= 11 is 0. The first kappa shape index (κ1) is 40.1. The fourth-order valence-corrected chi connectivity index (χ4v) is 5.41. The summed E-state index contributed by atoms with van der Waals surface area (Å²) in [6, 6.07) is 25.5. The highest BCUT2D eigenvalue weighted by Gasteiger charge is 2.31. The van der Waals surface area contributed by atoms with Gasteiger partial charge < -0.3 is 41.3 Å². The van der Waals surface area contributed by atoms with E-state index in [2.05, 4.69) is 21.3 Å². The number of aliphatic hydroxyl groups is 3. The second-order valence-corrected chi connectivity index (χ2v) is 14.0. The van der Waals surface area contributed by atoms with E-state index in [-0.39, 0.29) is 25.4 Å². The van der Waals surface area contributed by atoms with E-state index >= 15 is 0 Å². The van der Waals surface area contributed by atoms with Crippen LogP contribution in [0.2, 0.25) is 0 Å². The van der Waals surface area contributed by atoms with E-state index < -0.39 is 59.9 Å². The molecule has 0 aliphatic carbocycles. The molecule has 0 spiro atoms. The van der Waals surface area contributed by atoms with Crippen LogP contribution in [0.25, 0.3) is 0 Å². The fraction of sp³-hybridized carbons (Fsp3) is 0.462. The average Bonchev–Trinajstić information content (AvgIpc) is 3.06. The van der Waals surface area contributed by atoms with Crippen molar-refractivity contribution in [1.29, 1.82) is 0 Å². The number of aliphatic hydroxyl groups excluding tert-OH is 3. The van der Waals surface area contributed by atoms with Crippen LogP contribution in [0.3, 0.4) is 0 Å². The summed E-state index contributed by atoms with van der Waals surface area (Å²) in [5, 5.41) is 44.6. The Balaban J connectivity index is 1.67. The third-order valence-electron chi connectivity index (χ3n) is 8.08. The van der Waals surface area contributed by atoms with Crippen LogP contribution >= 0.6 is 0 Å². The van der Waals surface area contributed by atoms with Crippen molar-refractivity contribution in [2.45, 2.75) is 95.9 Å². The van der Waals surface area contributed by atoms with Crippen molar-refractivity contribution in [3.63, 3.8) is 0 Å². The van der Waals surface area contributed by atoms with Crippen LogP contribution in [0.4, 0.5) is 4.79 Å². The number of carbonyl (C=O) groups is 3. The Labute approximate surface area is 295 Å². The third-order valence-corrected chi connectivity index (χ3v) is 8.08. The van der Waals surface area contributed by atoms with E-state index in [9.17, 15) is 29.7 Å². The molecule has 0 aliphatic rings. The molecule has 0 bridgehead atoms. The van der Waals surface area contributed by atoms with Gasteiger partial charge in [-0.3, -0.25) is 9.59 Å². The number of amides is 3. The molecule has 0 aliphatic heterocycles. The van der Waals surface area contributed by atoms with E-state index in [0.717, 1.165) is 16.7 Å². The second kappa shape index (κ2) is 19.8. The number of benzene rings is 3. The van der Waals surface area contributed by atoms with Gasteiger partial charge in [0.05, 0.1) is 24.3 Å². The highest BCUT2D eigenvalue weighted by atomic mass is 16.6. The summed E-state index contributed by atoms with van der Waals surface area (Å²) in [4.78, 5) is 39.2. The Bertz CT molecular complexity index is 1450. The van der Waals surface area contributed by atoms with Gasteiger partial charge in [0.15, 0.2) is 0 Å². The molecule has 7 N–H and O–H groups in total. The molecule has 0 radical (unpaired) electrons. The largest absolute Gasteiger partial charge is 0.444 e. The van der Waals surface area contributed by atoms with Crippen LogP contribution in [0.5, 0.6) is 0 Å². The molecular weight excluding hydrogens is 636 g/mol. The minimum Gasteiger partial charge on any atom is -0.444 e. The molecule has 0 saturated heterocycles. The maximum absolute atomic E-state index is 13.6. The summed E-state index contributed by atoms with van der Waals surface area (Å²) in [7, 11) is 0. The molecule has 3 rings (SSSR count). The minimum atomic E-state index is -1.34. The summed E-state index contributed by atoms with van der Waals surface area (Å²) in [6.45, 7) is 8.89. The lowest BCUT2D eigenvalue weighted by molar-refractivity contribution is -0.135. The van der Waals surface area contributed by atoms with Crippen molar-refractivity contribution >= 4 is 17.9 Å². The van der Waals surface area contributed by atoms with Gasteiger partial charge >= 0.3 is 6.09 Å². The fourth-order valence-electron chi connectivity index (χ4n) is 5.41. The van der Waals surface area contributed by atoms with Crippen molar-refractivity contribution < 1.29 is 34.4 Å². The van der Waals surface area contributed by atoms with Crippen LogP contribution in [-0.4, -0.2) is 88.4 Å². The van der Waals surface area contributed by atoms with Gasteiger partial charge in [0.25, 0.3) is 0 Å². The first-order valence-corrected chi connectivity index (χ1v) is 17.2. The monoisotopic (exact) mass is 690 g/mol. The van der Waals surface area contributed by atoms with Gasteiger partial charge in [-0.2, -0.15) is 0 Å². The summed E-state index contributed by atoms with van der Waals surface area (Å²) in [5.41, 5.74) is 1.87. The molecule has 0 aromatic heterocycles. The molecule has 11 heteroatoms. The van der Waals surface area contributed by atoms with Crippen LogP contribution in [0.1, 0.15) is 51.3 Å². The Morgan fingerprint density at radius 2 is 1.04 bits per heavy atom. The van der Waals surface area contributed by atoms with E-state index in [1.807, 2.05) is 91.0 Å². The highest BCUT2D eigenvalue weighted by molar-refractivity contribution is 5.89. The zero-order chi connectivity index (χ0) is 36.7. The molecule has 3 aromatic rings. The van der Waals surface area contributed by atoms with E-state index in [1.54, 1.807) is 34.6 Å². The van der Waals surface area contributed by atoms with Crippen LogP contribution in [0, 0.1) is 5.92 Å². The van der Waals surface area contributed by atoms with Gasteiger partial charge in [0.2, 0.25) is 11.8 Å². The van der Waals surface area contributed by atoms with Gasteiger partial charge in [-0.05, 0) is 56.2 Å². The number of hydrogen-bond donors (Lipinski definition) is 7. The molecular formula is C39H54N4O7. The number of rotatable bonds is 18. The molecule has 3 amide bonds. The van der Waals surface area contributed by atoms with Crippen molar-refractivity contribution in [2.75, 3.05) is 13.1 Å². The van der Waals surface area contributed by atoms with E-state index in [4.69, 9.17) is 4.74 Å². The average molecular weight is 691 g/mol. The molecule has 272 valence electrons. The van der Waals surface area contributed by atoms with Gasteiger partial charge in [0.1, 0.15) is 17.7 Å². The van der Waals surface area contributed by atoms with Gasteiger partial charge in [-0.25, -0.2) is 4.79 Å². The number of hydrogen-bond acceptors (Lipinski definition) is 8. The summed E-state index contributed by atoms with van der Waals surface area (Å²) in [6.07, 6.45) is -3.38. The van der Waals surface area contributed by atoms with E-state index in [1.165, 1.54) is 0 Å². The molecule has 50 heavy (non-hydrogen) atoms. The first-order valence-electron chi connectivity index (χ1n) is 17.2. The lowest BCUT2D eigenvalue weighted by atomic mass is 9.98. The molecule has 0 saturated carbocycles. The van der Waals surface area contributed by atoms with E-state index in [0.29, 0.717) is 12.8 Å². The molecule has 0 fully saturated rings. The molecule has 0 heterocycles. The minimum absolute atomic E-state index is 0.00777. The van der Waals surface area contributed by atoms with Crippen molar-refractivity contribution in [2.24, 2.45) is 5.92 Å². The van der Waals surface area contributed by atoms with Crippen molar-refractivity contribution in [3.8, 4) is 0 Å². The third kappa shape index (κ3) is 14.3. The molecule has 3 aromatic carbocycles. The SMILES string of the molecule is CC(C)[C@H](NC(=O)[C@@H](O)Cc1ccccc1)C(=O)N[C@@H](Cc1ccccc1)[C@H](O)CNC[C@@H](O)[C@H](Cc1ccccc1)NC(=O)OC(C)(C)C.